The lowest BCUT2D eigenvalue weighted by Crippen LogP contribution is -2.29. The summed E-state index contributed by atoms with van der Waals surface area (Å²) in [6.07, 6.45) is 3.78. The Morgan fingerprint density at radius 1 is 1.57 bits per heavy atom. The summed E-state index contributed by atoms with van der Waals surface area (Å²) in [5.41, 5.74) is 0.655. The summed E-state index contributed by atoms with van der Waals surface area (Å²) in [4.78, 5) is 15.7. The molecule has 0 saturated heterocycles. The molecule has 0 radical (unpaired) electrons. The SMILES string of the molecule is Cc1cc(=O)n(C2CCCC2O)cn1. The predicted octanol–water partition coefficient (Wildman–Crippen LogP) is 0.638. The normalized spacial score (nSPS) is 26.7. The second kappa shape index (κ2) is 3.53. The maximum Gasteiger partial charge on any atom is 0.253 e. The first-order valence-electron chi connectivity index (χ1n) is 4.91. The first-order valence-corrected chi connectivity index (χ1v) is 4.91. The number of nitrogens with zero attached hydrogens (tertiary/aromatic N) is 2. The standard InChI is InChI=1S/C10H14N2O2/c1-7-5-10(14)12(6-11-7)8-3-2-4-9(8)13/h5-6,8-9,13H,2-4H2,1H3. The van der Waals surface area contributed by atoms with E-state index in [4.69, 9.17) is 0 Å². The average molecular weight is 194 g/mol. The van der Waals surface area contributed by atoms with Gasteiger partial charge in [-0.3, -0.25) is 9.36 Å². The van der Waals surface area contributed by atoms with Gasteiger partial charge in [0.1, 0.15) is 0 Å². The minimum atomic E-state index is -0.391. The number of hydrogen-bond donors (Lipinski definition) is 1. The van der Waals surface area contributed by atoms with Crippen LogP contribution >= 0.6 is 0 Å². The Labute approximate surface area is 82.2 Å². The van der Waals surface area contributed by atoms with Crippen LogP contribution in [-0.2, 0) is 0 Å². The minimum Gasteiger partial charge on any atom is -0.391 e. The van der Waals surface area contributed by atoms with E-state index >= 15 is 0 Å². The van der Waals surface area contributed by atoms with Gasteiger partial charge in [-0.05, 0) is 26.2 Å². The average Bonchev–Trinajstić information content (AvgIpc) is 2.52. The molecule has 0 bridgehead atoms. The molecule has 2 rings (SSSR count). The van der Waals surface area contributed by atoms with Gasteiger partial charge >= 0.3 is 0 Å². The molecule has 1 aromatic heterocycles. The molecule has 0 spiro atoms. The number of aromatic nitrogens is 2. The molecule has 1 fully saturated rings. The van der Waals surface area contributed by atoms with Crippen LogP contribution in [0.4, 0.5) is 0 Å². The number of aliphatic hydroxyl groups excluding tert-OH is 1. The molecule has 1 aliphatic carbocycles. The van der Waals surface area contributed by atoms with Gasteiger partial charge in [0.05, 0.1) is 18.5 Å². The molecule has 1 saturated carbocycles. The highest BCUT2D eigenvalue weighted by atomic mass is 16.3. The fourth-order valence-electron chi connectivity index (χ4n) is 2.00. The molecule has 1 N–H and O–H groups in total. The van der Waals surface area contributed by atoms with Crippen LogP contribution in [0.2, 0.25) is 0 Å². The molecule has 0 aliphatic heterocycles. The van der Waals surface area contributed by atoms with Crippen molar-refractivity contribution in [1.82, 2.24) is 9.55 Å². The van der Waals surface area contributed by atoms with Crippen molar-refractivity contribution in [2.45, 2.75) is 38.3 Å². The number of hydrogen-bond acceptors (Lipinski definition) is 3. The van der Waals surface area contributed by atoms with Crippen molar-refractivity contribution in [2.75, 3.05) is 0 Å². The Hall–Kier alpha value is -1.16. The molecule has 1 heterocycles. The summed E-state index contributed by atoms with van der Waals surface area (Å²) in [5, 5.41) is 9.65. The van der Waals surface area contributed by atoms with E-state index in [9.17, 15) is 9.90 Å². The first-order chi connectivity index (χ1) is 6.68. The summed E-state index contributed by atoms with van der Waals surface area (Å²) in [6.45, 7) is 1.79. The lowest BCUT2D eigenvalue weighted by molar-refractivity contribution is 0.134. The zero-order chi connectivity index (χ0) is 10.1. The fourth-order valence-corrected chi connectivity index (χ4v) is 2.00. The van der Waals surface area contributed by atoms with Crippen LogP contribution in [0.1, 0.15) is 31.0 Å². The maximum atomic E-state index is 11.6. The van der Waals surface area contributed by atoms with Crippen molar-refractivity contribution in [2.24, 2.45) is 0 Å². The van der Waals surface area contributed by atoms with E-state index < -0.39 is 6.10 Å². The molecule has 1 aliphatic rings. The second-order valence-electron chi connectivity index (χ2n) is 3.84. The number of aliphatic hydroxyl groups is 1. The molecule has 2 atom stereocenters. The van der Waals surface area contributed by atoms with Crippen molar-refractivity contribution in [3.05, 3.63) is 28.4 Å². The topological polar surface area (TPSA) is 55.1 Å². The zero-order valence-electron chi connectivity index (χ0n) is 8.18. The van der Waals surface area contributed by atoms with Crippen molar-refractivity contribution in [3.8, 4) is 0 Å². The first kappa shape index (κ1) is 9.40. The van der Waals surface area contributed by atoms with Crippen LogP contribution in [0.3, 0.4) is 0 Å². The van der Waals surface area contributed by atoms with Gasteiger partial charge in [-0.15, -0.1) is 0 Å². The van der Waals surface area contributed by atoms with E-state index in [0.717, 1.165) is 25.0 Å². The molecule has 14 heavy (non-hydrogen) atoms. The van der Waals surface area contributed by atoms with E-state index in [1.165, 1.54) is 12.4 Å². The van der Waals surface area contributed by atoms with E-state index in [2.05, 4.69) is 4.98 Å². The van der Waals surface area contributed by atoms with Gasteiger partial charge < -0.3 is 5.11 Å². The van der Waals surface area contributed by atoms with Crippen molar-refractivity contribution in [3.63, 3.8) is 0 Å². The van der Waals surface area contributed by atoms with Crippen LogP contribution in [0.5, 0.6) is 0 Å². The Morgan fingerprint density at radius 2 is 2.36 bits per heavy atom. The Bertz CT molecular complexity index is 386. The van der Waals surface area contributed by atoms with Gasteiger partial charge in [-0.2, -0.15) is 0 Å². The molecule has 0 amide bonds. The van der Waals surface area contributed by atoms with E-state index in [-0.39, 0.29) is 11.6 Å². The van der Waals surface area contributed by atoms with E-state index in [0.29, 0.717) is 0 Å². The van der Waals surface area contributed by atoms with E-state index in [1.54, 1.807) is 11.5 Å². The monoisotopic (exact) mass is 194 g/mol. The van der Waals surface area contributed by atoms with Gasteiger partial charge in [-0.25, -0.2) is 4.98 Å². The van der Waals surface area contributed by atoms with Crippen molar-refractivity contribution < 1.29 is 5.11 Å². The highest BCUT2D eigenvalue weighted by Crippen LogP contribution is 2.28. The maximum absolute atomic E-state index is 11.6. The summed E-state index contributed by atoms with van der Waals surface area (Å²) in [7, 11) is 0. The quantitative estimate of drug-likeness (QED) is 0.713. The molecule has 0 aromatic carbocycles. The highest BCUT2D eigenvalue weighted by molar-refractivity contribution is 4.98. The summed E-state index contributed by atoms with van der Waals surface area (Å²) < 4.78 is 1.55. The lowest BCUT2D eigenvalue weighted by atomic mass is 10.2. The highest BCUT2D eigenvalue weighted by Gasteiger charge is 2.27. The predicted molar refractivity (Wildman–Crippen MR) is 52.1 cm³/mol. The Balaban J connectivity index is 2.36. The van der Waals surface area contributed by atoms with Gasteiger partial charge in [0.25, 0.3) is 5.56 Å². The third kappa shape index (κ3) is 1.57. The Morgan fingerprint density at radius 3 is 2.93 bits per heavy atom. The summed E-state index contributed by atoms with van der Waals surface area (Å²) in [5.74, 6) is 0. The van der Waals surface area contributed by atoms with Crippen LogP contribution in [0.15, 0.2) is 17.2 Å². The summed E-state index contributed by atoms with van der Waals surface area (Å²) >= 11 is 0. The van der Waals surface area contributed by atoms with Crippen LogP contribution in [-0.4, -0.2) is 20.8 Å². The molecule has 4 heteroatoms. The molecular weight excluding hydrogens is 180 g/mol. The largest absolute Gasteiger partial charge is 0.391 e. The van der Waals surface area contributed by atoms with Gasteiger partial charge in [0.2, 0.25) is 0 Å². The molecule has 76 valence electrons. The zero-order valence-corrected chi connectivity index (χ0v) is 8.18. The van der Waals surface area contributed by atoms with Crippen LogP contribution < -0.4 is 5.56 Å². The van der Waals surface area contributed by atoms with Crippen LogP contribution in [0.25, 0.3) is 0 Å². The lowest BCUT2D eigenvalue weighted by Gasteiger charge is -2.16. The molecule has 2 unspecified atom stereocenters. The van der Waals surface area contributed by atoms with Crippen molar-refractivity contribution >= 4 is 0 Å². The number of rotatable bonds is 1. The summed E-state index contributed by atoms with van der Waals surface area (Å²) in [6, 6.07) is 1.43. The van der Waals surface area contributed by atoms with Crippen molar-refractivity contribution in [1.29, 1.82) is 0 Å². The molecular formula is C10H14N2O2. The number of aryl methyl sites for hydroxylation is 1. The Kier molecular flexibility index (Phi) is 2.37. The van der Waals surface area contributed by atoms with Crippen LogP contribution in [0, 0.1) is 6.92 Å². The van der Waals surface area contributed by atoms with E-state index in [1.807, 2.05) is 0 Å². The molecule has 1 aromatic rings. The minimum absolute atomic E-state index is 0.0662. The van der Waals surface area contributed by atoms with Gasteiger partial charge in [-0.1, -0.05) is 0 Å². The third-order valence-corrected chi connectivity index (χ3v) is 2.77. The van der Waals surface area contributed by atoms with Gasteiger partial charge in [0.15, 0.2) is 0 Å². The fraction of sp³-hybridized carbons (Fsp3) is 0.600. The smallest absolute Gasteiger partial charge is 0.253 e. The van der Waals surface area contributed by atoms with Gasteiger partial charge in [0, 0.05) is 11.8 Å². The molecule has 4 nitrogen and oxygen atoms in total. The third-order valence-electron chi connectivity index (χ3n) is 2.77. The second-order valence-corrected chi connectivity index (χ2v) is 3.84.